The molecule has 11 heavy (non-hydrogen) atoms. The maximum absolute atomic E-state index is 10.5. The third-order valence-corrected chi connectivity index (χ3v) is 1.80. The van der Waals surface area contributed by atoms with Gasteiger partial charge in [-0.05, 0) is 19.8 Å². The number of hydrogen-bond acceptors (Lipinski definition) is 1. The normalized spacial score (nSPS) is 13.6. The minimum absolute atomic E-state index is 0.256. The van der Waals surface area contributed by atoms with Crippen LogP contribution in [0.3, 0.4) is 0 Å². The van der Waals surface area contributed by atoms with Gasteiger partial charge in [-0.1, -0.05) is 31.9 Å². The van der Waals surface area contributed by atoms with Gasteiger partial charge in [-0.15, -0.1) is 0 Å². The van der Waals surface area contributed by atoms with Gasteiger partial charge in [0, 0.05) is 5.92 Å². The van der Waals surface area contributed by atoms with Crippen molar-refractivity contribution in [2.24, 2.45) is 5.92 Å². The van der Waals surface area contributed by atoms with Crippen LogP contribution in [0, 0.1) is 5.92 Å². The van der Waals surface area contributed by atoms with Crippen LogP contribution in [-0.2, 0) is 4.79 Å². The van der Waals surface area contributed by atoms with Crippen LogP contribution in [0.15, 0.2) is 12.2 Å². The van der Waals surface area contributed by atoms with E-state index in [4.69, 9.17) is 0 Å². The van der Waals surface area contributed by atoms with E-state index in [0.717, 1.165) is 19.1 Å². The summed E-state index contributed by atoms with van der Waals surface area (Å²) in [7, 11) is 0. The van der Waals surface area contributed by atoms with Gasteiger partial charge in [-0.3, -0.25) is 0 Å². The van der Waals surface area contributed by atoms with Crippen molar-refractivity contribution in [3.8, 4) is 0 Å². The predicted octanol–water partition coefficient (Wildman–Crippen LogP) is 2.96. The van der Waals surface area contributed by atoms with E-state index in [0.29, 0.717) is 0 Å². The Morgan fingerprint density at radius 1 is 1.45 bits per heavy atom. The minimum Gasteiger partial charge on any atom is -0.303 e. The van der Waals surface area contributed by atoms with Gasteiger partial charge in [0.15, 0.2) is 0 Å². The summed E-state index contributed by atoms with van der Waals surface area (Å²) in [6, 6.07) is 0. The summed E-state index contributed by atoms with van der Waals surface area (Å²) in [4.78, 5) is 10.5. The molecular weight excluding hydrogens is 136 g/mol. The van der Waals surface area contributed by atoms with E-state index in [2.05, 4.69) is 13.0 Å². The smallest absolute Gasteiger partial charge is 0.123 e. The van der Waals surface area contributed by atoms with Crippen molar-refractivity contribution in [3.05, 3.63) is 12.2 Å². The molecule has 1 atom stereocenters. The van der Waals surface area contributed by atoms with E-state index in [-0.39, 0.29) is 5.92 Å². The van der Waals surface area contributed by atoms with Gasteiger partial charge in [-0.2, -0.15) is 0 Å². The maximum Gasteiger partial charge on any atom is 0.123 e. The lowest BCUT2D eigenvalue weighted by Gasteiger charge is -2.04. The fourth-order valence-corrected chi connectivity index (χ4v) is 1.02. The van der Waals surface area contributed by atoms with Crippen molar-refractivity contribution in [1.29, 1.82) is 0 Å². The van der Waals surface area contributed by atoms with Gasteiger partial charge < -0.3 is 4.79 Å². The van der Waals surface area contributed by atoms with Crippen LogP contribution in [-0.4, -0.2) is 6.29 Å². The van der Waals surface area contributed by atoms with E-state index < -0.39 is 0 Å². The molecule has 0 bridgehead atoms. The average molecular weight is 154 g/mol. The second-order valence-corrected chi connectivity index (χ2v) is 2.84. The Balaban J connectivity index is 3.48. The monoisotopic (exact) mass is 154 g/mol. The molecule has 1 nitrogen and oxygen atoms in total. The molecular formula is C10H18O. The zero-order valence-electron chi connectivity index (χ0n) is 7.55. The van der Waals surface area contributed by atoms with Crippen molar-refractivity contribution in [2.75, 3.05) is 0 Å². The quantitative estimate of drug-likeness (QED) is 0.424. The van der Waals surface area contributed by atoms with Gasteiger partial charge in [0.1, 0.15) is 6.29 Å². The van der Waals surface area contributed by atoms with Crippen molar-refractivity contribution in [3.63, 3.8) is 0 Å². The Morgan fingerprint density at radius 3 is 2.64 bits per heavy atom. The van der Waals surface area contributed by atoms with Gasteiger partial charge in [-0.25, -0.2) is 0 Å². The van der Waals surface area contributed by atoms with Gasteiger partial charge in [0.2, 0.25) is 0 Å². The van der Waals surface area contributed by atoms with E-state index in [9.17, 15) is 4.79 Å². The Morgan fingerprint density at radius 2 is 2.18 bits per heavy atom. The Labute approximate surface area is 69.5 Å². The van der Waals surface area contributed by atoms with Gasteiger partial charge in [0.25, 0.3) is 0 Å². The predicted molar refractivity (Wildman–Crippen MR) is 48.5 cm³/mol. The van der Waals surface area contributed by atoms with Crippen LogP contribution < -0.4 is 0 Å². The molecule has 0 amide bonds. The SMILES string of the molecule is C/C=C/CC(C=O)CCCC. The standard InChI is InChI=1S/C10H18O/c1-3-5-7-10(9-11)8-6-4-2/h3,5,9-10H,4,6-8H2,1-2H3/b5-3+. The number of aldehydes is 1. The second kappa shape index (κ2) is 7.52. The summed E-state index contributed by atoms with van der Waals surface area (Å²) in [6.07, 6.45) is 9.46. The second-order valence-electron chi connectivity index (χ2n) is 2.84. The van der Waals surface area contributed by atoms with Gasteiger partial charge in [0.05, 0.1) is 0 Å². The lowest BCUT2D eigenvalue weighted by Crippen LogP contribution is -1.99. The average Bonchev–Trinajstić information content (AvgIpc) is 2.05. The van der Waals surface area contributed by atoms with Crippen LogP contribution in [0.25, 0.3) is 0 Å². The first-order valence-corrected chi connectivity index (χ1v) is 4.41. The van der Waals surface area contributed by atoms with Crippen LogP contribution in [0.5, 0.6) is 0 Å². The van der Waals surface area contributed by atoms with Crippen molar-refractivity contribution in [2.45, 2.75) is 39.5 Å². The van der Waals surface area contributed by atoms with E-state index >= 15 is 0 Å². The molecule has 0 rings (SSSR count). The molecule has 0 radical (unpaired) electrons. The fraction of sp³-hybridized carbons (Fsp3) is 0.700. The molecule has 0 spiro atoms. The molecule has 0 aliphatic rings. The number of hydrogen-bond donors (Lipinski definition) is 0. The summed E-state index contributed by atoms with van der Waals surface area (Å²) in [5.41, 5.74) is 0. The van der Waals surface area contributed by atoms with E-state index in [1.165, 1.54) is 12.8 Å². The largest absolute Gasteiger partial charge is 0.303 e. The highest BCUT2D eigenvalue weighted by molar-refractivity contribution is 5.53. The van der Waals surface area contributed by atoms with Crippen molar-refractivity contribution >= 4 is 6.29 Å². The highest BCUT2D eigenvalue weighted by atomic mass is 16.1. The molecule has 64 valence electrons. The molecule has 1 heteroatoms. The highest BCUT2D eigenvalue weighted by Crippen LogP contribution is 2.10. The zero-order valence-corrected chi connectivity index (χ0v) is 7.55. The Hall–Kier alpha value is -0.590. The zero-order chi connectivity index (χ0) is 8.53. The molecule has 0 aliphatic carbocycles. The first-order chi connectivity index (χ1) is 5.35. The lowest BCUT2D eigenvalue weighted by molar-refractivity contribution is -0.111. The lowest BCUT2D eigenvalue weighted by atomic mass is 10.0. The molecule has 0 aromatic rings. The van der Waals surface area contributed by atoms with Crippen LogP contribution in [0.2, 0.25) is 0 Å². The first kappa shape index (κ1) is 10.4. The Kier molecular flexibility index (Phi) is 7.11. The van der Waals surface area contributed by atoms with E-state index in [1.807, 2.05) is 13.0 Å². The van der Waals surface area contributed by atoms with Crippen LogP contribution in [0.1, 0.15) is 39.5 Å². The van der Waals surface area contributed by atoms with Crippen molar-refractivity contribution < 1.29 is 4.79 Å². The number of carbonyl (C=O) groups is 1. The number of carbonyl (C=O) groups excluding carboxylic acids is 1. The molecule has 0 aromatic heterocycles. The highest BCUT2D eigenvalue weighted by Gasteiger charge is 2.02. The molecule has 0 N–H and O–H groups in total. The summed E-state index contributed by atoms with van der Waals surface area (Å²) >= 11 is 0. The molecule has 0 aliphatic heterocycles. The fourth-order valence-electron chi connectivity index (χ4n) is 1.02. The number of unbranched alkanes of at least 4 members (excludes halogenated alkanes) is 1. The van der Waals surface area contributed by atoms with Crippen molar-refractivity contribution in [1.82, 2.24) is 0 Å². The van der Waals surface area contributed by atoms with Gasteiger partial charge >= 0.3 is 0 Å². The van der Waals surface area contributed by atoms with Crippen LogP contribution in [0.4, 0.5) is 0 Å². The van der Waals surface area contributed by atoms with E-state index in [1.54, 1.807) is 0 Å². The summed E-state index contributed by atoms with van der Waals surface area (Å²) in [5.74, 6) is 0.256. The molecule has 0 saturated carbocycles. The summed E-state index contributed by atoms with van der Waals surface area (Å²) in [5, 5.41) is 0. The summed E-state index contributed by atoms with van der Waals surface area (Å²) in [6.45, 7) is 4.14. The minimum atomic E-state index is 0.256. The molecule has 0 saturated heterocycles. The van der Waals surface area contributed by atoms with Crippen LogP contribution >= 0.6 is 0 Å². The number of allylic oxidation sites excluding steroid dienone is 2. The third-order valence-electron chi connectivity index (χ3n) is 1.80. The first-order valence-electron chi connectivity index (χ1n) is 4.41. The maximum atomic E-state index is 10.5. The topological polar surface area (TPSA) is 17.1 Å². The third kappa shape index (κ3) is 5.84. The Bertz CT molecular complexity index is 116. The molecule has 1 unspecified atom stereocenters. The molecule has 0 fully saturated rings. The molecule has 0 aromatic carbocycles. The molecule has 0 heterocycles. The summed E-state index contributed by atoms with van der Waals surface area (Å²) < 4.78 is 0. The number of rotatable bonds is 6.